The number of likely N-dealkylation sites (N-methyl/N-ethyl adjacent to an activating group) is 2. The van der Waals surface area contributed by atoms with E-state index in [0.717, 1.165) is 28.9 Å². The van der Waals surface area contributed by atoms with Crippen molar-refractivity contribution >= 4 is 34.7 Å². The molecule has 0 fully saturated rings. The molecule has 3 amide bonds. The summed E-state index contributed by atoms with van der Waals surface area (Å²) in [5, 5.41) is 4.01. The number of aromatic nitrogens is 2. The van der Waals surface area contributed by atoms with Gasteiger partial charge in [0.25, 0.3) is 0 Å². The summed E-state index contributed by atoms with van der Waals surface area (Å²) in [4.78, 5) is 34.9. The summed E-state index contributed by atoms with van der Waals surface area (Å²) < 4.78 is 2.12. The van der Waals surface area contributed by atoms with E-state index in [1.165, 1.54) is 5.39 Å². The fourth-order valence-electron chi connectivity index (χ4n) is 3.93. The zero-order valence-corrected chi connectivity index (χ0v) is 19.6. The summed E-state index contributed by atoms with van der Waals surface area (Å²) in [6, 6.07) is 12.1. The van der Waals surface area contributed by atoms with Gasteiger partial charge in [-0.05, 0) is 49.3 Å². The molecule has 0 atom stereocenters. The molecule has 8 heteroatoms. The molecule has 4 rings (SSSR count). The third-order valence-electron chi connectivity index (χ3n) is 5.92. The Labute approximate surface area is 194 Å². The van der Waals surface area contributed by atoms with Crippen LogP contribution in [0.5, 0.6) is 0 Å². The Morgan fingerprint density at radius 1 is 1.21 bits per heavy atom. The highest BCUT2D eigenvalue weighted by Crippen LogP contribution is 2.23. The van der Waals surface area contributed by atoms with Crippen LogP contribution in [0.4, 0.5) is 10.6 Å². The molecule has 3 heterocycles. The summed E-state index contributed by atoms with van der Waals surface area (Å²) in [5.74, 6) is 0.497. The molecule has 0 bridgehead atoms. The number of nitrogens with one attached hydrogen (secondary N) is 1. The highest BCUT2D eigenvalue weighted by molar-refractivity contribution is 5.93. The number of hydrogen-bond acceptors (Lipinski definition) is 4. The standard InChI is InChI=1S/C25H30N6O2/c1-28(2)11-12-31-16-20-13-18(15-26-24(20)27-25(31)33)9-10-23(32)29(3)17-21-14-19-7-5-6-8-22(19)30(21)4/h5-10,13-15H,11-12,16-17H2,1-4H3,(H,26,27,33). The number of amides is 3. The molecule has 1 aliphatic rings. The molecule has 0 saturated heterocycles. The van der Waals surface area contributed by atoms with Gasteiger partial charge in [0.15, 0.2) is 0 Å². The van der Waals surface area contributed by atoms with Crippen LogP contribution in [0.3, 0.4) is 0 Å². The monoisotopic (exact) mass is 446 g/mol. The van der Waals surface area contributed by atoms with Gasteiger partial charge in [-0.1, -0.05) is 18.2 Å². The first-order chi connectivity index (χ1) is 15.8. The number of urea groups is 1. The van der Waals surface area contributed by atoms with Crippen molar-refractivity contribution in [2.75, 3.05) is 39.5 Å². The number of benzene rings is 1. The van der Waals surface area contributed by atoms with Crippen LogP contribution in [-0.4, -0.2) is 70.4 Å². The molecular weight excluding hydrogens is 416 g/mol. The molecule has 172 valence electrons. The number of fused-ring (bicyclic) bond motifs is 2. The topological polar surface area (TPSA) is 73.7 Å². The van der Waals surface area contributed by atoms with E-state index >= 15 is 0 Å². The number of pyridine rings is 1. The van der Waals surface area contributed by atoms with E-state index in [1.54, 1.807) is 35.2 Å². The van der Waals surface area contributed by atoms with E-state index in [1.807, 2.05) is 44.2 Å². The summed E-state index contributed by atoms with van der Waals surface area (Å²) in [5.41, 5.74) is 3.98. The number of anilines is 1. The van der Waals surface area contributed by atoms with Crippen molar-refractivity contribution in [3.8, 4) is 0 Å². The highest BCUT2D eigenvalue weighted by atomic mass is 16.2. The first-order valence-corrected chi connectivity index (χ1v) is 11.0. The third-order valence-corrected chi connectivity index (χ3v) is 5.92. The molecule has 33 heavy (non-hydrogen) atoms. The van der Waals surface area contributed by atoms with Gasteiger partial charge < -0.3 is 19.3 Å². The van der Waals surface area contributed by atoms with E-state index in [0.29, 0.717) is 25.5 Å². The lowest BCUT2D eigenvalue weighted by atomic mass is 10.1. The van der Waals surface area contributed by atoms with E-state index in [2.05, 4.69) is 33.1 Å². The molecule has 1 aromatic carbocycles. The highest BCUT2D eigenvalue weighted by Gasteiger charge is 2.23. The van der Waals surface area contributed by atoms with Gasteiger partial charge >= 0.3 is 6.03 Å². The van der Waals surface area contributed by atoms with Crippen LogP contribution in [0.2, 0.25) is 0 Å². The van der Waals surface area contributed by atoms with Crippen molar-refractivity contribution in [3.63, 3.8) is 0 Å². The number of carbonyl (C=O) groups excluding carboxylic acids is 2. The molecule has 3 aromatic rings. The quantitative estimate of drug-likeness (QED) is 0.566. The van der Waals surface area contributed by atoms with Crippen LogP contribution in [0.15, 0.2) is 48.7 Å². The summed E-state index contributed by atoms with van der Waals surface area (Å²) >= 11 is 0. The summed E-state index contributed by atoms with van der Waals surface area (Å²) in [7, 11) is 7.78. The lowest BCUT2D eigenvalue weighted by Gasteiger charge is -2.29. The lowest BCUT2D eigenvalue weighted by molar-refractivity contribution is -0.125. The average Bonchev–Trinajstić information content (AvgIpc) is 3.11. The van der Waals surface area contributed by atoms with Crippen LogP contribution >= 0.6 is 0 Å². The maximum atomic E-state index is 12.7. The van der Waals surface area contributed by atoms with Gasteiger partial charge in [0.05, 0.1) is 13.1 Å². The second kappa shape index (κ2) is 9.46. The number of rotatable bonds is 7. The zero-order chi connectivity index (χ0) is 23.5. The van der Waals surface area contributed by atoms with Crippen molar-refractivity contribution in [2.45, 2.75) is 13.1 Å². The van der Waals surface area contributed by atoms with Crippen molar-refractivity contribution < 1.29 is 9.59 Å². The van der Waals surface area contributed by atoms with Gasteiger partial charge in [-0.15, -0.1) is 0 Å². The predicted octanol–water partition coefficient (Wildman–Crippen LogP) is 3.15. The largest absolute Gasteiger partial charge is 0.346 e. The molecule has 1 aliphatic heterocycles. The smallest absolute Gasteiger partial charge is 0.323 e. The van der Waals surface area contributed by atoms with Gasteiger partial charge in [0.2, 0.25) is 5.91 Å². The molecule has 8 nitrogen and oxygen atoms in total. The SMILES string of the molecule is CN(C)CCN1Cc2cc(C=CC(=O)N(C)Cc3cc4ccccc4n3C)cnc2NC1=O. The fraction of sp³-hybridized carbons (Fsp3) is 0.320. The maximum absolute atomic E-state index is 12.7. The average molecular weight is 447 g/mol. The number of para-hydroxylation sites is 1. The maximum Gasteiger partial charge on any atom is 0.323 e. The molecule has 0 spiro atoms. The van der Waals surface area contributed by atoms with Gasteiger partial charge in [-0.3, -0.25) is 10.1 Å². The van der Waals surface area contributed by atoms with Crippen molar-refractivity contribution in [2.24, 2.45) is 7.05 Å². The van der Waals surface area contributed by atoms with Gasteiger partial charge in [-0.2, -0.15) is 0 Å². The molecular formula is C25H30N6O2. The van der Waals surface area contributed by atoms with Crippen LogP contribution in [0.25, 0.3) is 17.0 Å². The number of carbonyl (C=O) groups is 2. The van der Waals surface area contributed by atoms with E-state index < -0.39 is 0 Å². The molecule has 0 aliphatic carbocycles. The van der Waals surface area contributed by atoms with E-state index in [4.69, 9.17) is 0 Å². The summed E-state index contributed by atoms with van der Waals surface area (Å²) in [6.07, 6.45) is 5.01. The van der Waals surface area contributed by atoms with Crippen LogP contribution in [-0.2, 0) is 24.9 Å². The summed E-state index contributed by atoms with van der Waals surface area (Å²) in [6.45, 7) is 2.44. The molecule has 2 aromatic heterocycles. The minimum Gasteiger partial charge on any atom is -0.346 e. The van der Waals surface area contributed by atoms with Crippen LogP contribution in [0.1, 0.15) is 16.8 Å². The van der Waals surface area contributed by atoms with Crippen LogP contribution in [0, 0.1) is 0 Å². The van der Waals surface area contributed by atoms with Crippen molar-refractivity contribution in [1.82, 2.24) is 24.3 Å². The number of nitrogens with zero attached hydrogens (tertiary/aromatic N) is 5. The molecule has 0 radical (unpaired) electrons. The number of aryl methyl sites for hydroxylation is 1. The second-order valence-corrected chi connectivity index (χ2v) is 8.71. The van der Waals surface area contributed by atoms with Gasteiger partial charge in [-0.25, -0.2) is 9.78 Å². The minimum atomic E-state index is -0.134. The fourth-order valence-corrected chi connectivity index (χ4v) is 3.93. The predicted molar refractivity (Wildman–Crippen MR) is 131 cm³/mol. The second-order valence-electron chi connectivity index (χ2n) is 8.71. The van der Waals surface area contributed by atoms with Crippen molar-refractivity contribution in [1.29, 1.82) is 0 Å². The Hall–Kier alpha value is -3.65. The Kier molecular flexibility index (Phi) is 6.46. The lowest BCUT2D eigenvalue weighted by Crippen LogP contribution is -2.42. The first kappa shape index (κ1) is 22.5. The van der Waals surface area contributed by atoms with Crippen LogP contribution < -0.4 is 5.32 Å². The van der Waals surface area contributed by atoms with Gasteiger partial charge in [0.1, 0.15) is 5.82 Å². The first-order valence-electron chi connectivity index (χ1n) is 11.0. The number of hydrogen-bond donors (Lipinski definition) is 1. The van der Waals surface area contributed by atoms with E-state index in [-0.39, 0.29) is 11.9 Å². The van der Waals surface area contributed by atoms with Crippen molar-refractivity contribution in [3.05, 3.63) is 65.5 Å². The molecule has 0 saturated carbocycles. The third kappa shape index (κ3) is 5.06. The Bertz CT molecular complexity index is 1210. The molecule has 1 N–H and O–H groups in total. The molecule has 0 unspecified atom stereocenters. The normalized spacial score (nSPS) is 13.6. The zero-order valence-electron chi connectivity index (χ0n) is 19.6. The Morgan fingerprint density at radius 2 is 2.00 bits per heavy atom. The Balaban J connectivity index is 1.42. The van der Waals surface area contributed by atoms with E-state index in [9.17, 15) is 9.59 Å². The minimum absolute atomic E-state index is 0.0844. The Morgan fingerprint density at radius 3 is 2.76 bits per heavy atom. The van der Waals surface area contributed by atoms with Gasteiger partial charge in [0, 0.05) is 56.2 Å².